The molecule has 1 aromatic heterocycles. The first kappa shape index (κ1) is 86.3. The van der Waals surface area contributed by atoms with E-state index >= 15 is 0 Å². The molecule has 4 aliphatic rings. The van der Waals surface area contributed by atoms with Crippen molar-refractivity contribution >= 4 is 123 Å². The Labute approximate surface area is 676 Å². The molecule has 1 aliphatic carbocycles. The van der Waals surface area contributed by atoms with Crippen LogP contribution in [-0.4, -0.2) is 148 Å². The van der Waals surface area contributed by atoms with Gasteiger partial charge in [0.1, 0.15) is 28.4 Å². The molecular weight excluding hydrogens is 1630 g/mol. The number of esters is 1. The van der Waals surface area contributed by atoms with Gasteiger partial charge in [-0.05, 0) is 220 Å². The van der Waals surface area contributed by atoms with Gasteiger partial charge < -0.3 is 47.5 Å². The van der Waals surface area contributed by atoms with Gasteiger partial charge in [-0.25, -0.2) is 47.7 Å². The summed E-state index contributed by atoms with van der Waals surface area (Å²) in [6, 6.07) is 39.6. The van der Waals surface area contributed by atoms with Crippen LogP contribution in [0.3, 0.4) is 0 Å². The number of aryl methyl sites for hydroxylation is 2. The molecule has 608 valence electrons. The molecule has 114 heavy (non-hydrogen) atoms. The van der Waals surface area contributed by atoms with Gasteiger partial charge in [0.15, 0.2) is 37.1 Å². The van der Waals surface area contributed by atoms with Crippen molar-refractivity contribution in [1.82, 2.24) is 4.98 Å². The lowest BCUT2D eigenvalue weighted by molar-refractivity contribution is -0.125. The van der Waals surface area contributed by atoms with Gasteiger partial charge in [0.2, 0.25) is 17.6 Å². The molecule has 3 atom stereocenters. The van der Waals surface area contributed by atoms with E-state index < -0.39 is 55.4 Å². The van der Waals surface area contributed by atoms with Gasteiger partial charge in [-0.1, -0.05) is 40.5 Å². The molecule has 1 saturated carbocycles. The molecule has 1 fully saturated rings. The van der Waals surface area contributed by atoms with Gasteiger partial charge in [-0.3, -0.25) is 23.3 Å². The van der Waals surface area contributed by atoms with E-state index in [1.54, 1.807) is 128 Å². The van der Waals surface area contributed by atoms with Crippen LogP contribution in [-0.2, 0) is 94.5 Å². The predicted molar refractivity (Wildman–Crippen MR) is 447 cm³/mol. The van der Waals surface area contributed by atoms with Crippen LogP contribution in [0.1, 0.15) is 96.6 Å². The molecule has 2 N–H and O–H groups in total. The third kappa shape index (κ3) is 20.0. The second kappa shape index (κ2) is 35.7. The number of methoxy groups -OCH3 is 5. The molecule has 8 aromatic carbocycles. The number of carbonyl (C=O) groups excluding carboxylic acids is 3. The van der Waals surface area contributed by atoms with Crippen molar-refractivity contribution in [1.29, 1.82) is 0 Å². The Balaban J connectivity index is 0.000000161. The predicted octanol–water partition coefficient (Wildman–Crippen LogP) is 13.6. The topological polar surface area (TPSA) is 323 Å². The summed E-state index contributed by atoms with van der Waals surface area (Å²) in [5.74, 6) is 5.80. The van der Waals surface area contributed by atoms with Gasteiger partial charge in [0.05, 0.1) is 91.0 Å². The maximum Gasteiger partial charge on any atom is 0.338 e. The molecule has 2 amide bonds. The fourth-order valence-corrected chi connectivity index (χ4v) is 20.7. The van der Waals surface area contributed by atoms with Gasteiger partial charge in [0.25, 0.3) is 20.0 Å². The fraction of sp³-hybridized carbons (Fsp3) is 0.329. The maximum atomic E-state index is 13.2. The first-order valence-corrected chi connectivity index (χ1v) is 45.4. The Kier molecular flexibility index (Phi) is 27.0. The lowest BCUT2D eigenvalue weighted by Crippen LogP contribution is -2.42. The molecule has 4 heterocycles. The van der Waals surface area contributed by atoms with E-state index in [-0.39, 0.29) is 67.5 Å². The highest BCUT2D eigenvalue weighted by atomic mass is 79.9. The van der Waals surface area contributed by atoms with Crippen LogP contribution in [0, 0.1) is 19.8 Å². The average molecular weight is 1720 g/mol. The SMILES string of the molecule is C=S(C)(=O)N1CCc2cc(S(=O)(=O)Cc3cc(OC)cc(OC)c3)ccc21.CCOC(=O)c1ccc(NS(=O)(=O)c2cc(Br)cc3c2N(C(C)=O)C(C)C3)cc1.COc1cc(CS(=O)(=O)c2ccc3c(c2)CC(C)N3C(=O)C2CCC2)cc(OC)c1OC.Cc1nc(-c2ccc(S(=O)(=O)Nc3ccc(C)c(N(C)C)c3)cc2)co1. The van der Waals surface area contributed by atoms with E-state index in [1.807, 2.05) is 62.9 Å². The summed E-state index contributed by atoms with van der Waals surface area (Å²) in [7, 11) is -5.84. The van der Waals surface area contributed by atoms with Gasteiger partial charge in [-0.15, -0.1) is 0 Å². The third-order valence-electron chi connectivity index (χ3n) is 19.5. The maximum absolute atomic E-state index is 13.2. The minimum atomic E-state index is -3.98. The van der Waals surface area contributed by atoms with Crippen molar-refractivity contribution in [2.75, 3.05) is 97.5 Å². The second-order valence-corrected chi connectivity index (χ2v) is 38.7. The van der Waals surface area contributed by atoms with E-state index in [1.165, 1.54) is 77.7 Å². The van der Waals surface area contributed by atoms with Crippen LogP contribution in [0.4, 0.5) is 34.1 Å². The van der Waals surface area contributed by atoms with Crippen LogP contribution < -0.4 is 52.1 Å². The number of halogens is 1. The highest BCUT2D eigenvalue weighted by molar-refractivity contribution is 9.10. The number of carbonyl (C=O) groups is 3. The summed E-state index contributed by atoms with van der Waals surface area (Å²) in [5, 5.41) is 0. The molecule has 0 spiro atoms. The minimum absolute atomic E-state index is 0.0240. The van der Waals surface area contributed by atoms with Gasteiger partial charge in [-0.2, -0.15) is 0 Å². The summed E-state index contributed by atoms with van der Waals surface area (Å²) in [6.07, 6.45) is 7.99. The molecule has 3 unspecified atom stereocenters. The highest BCUT2D eigenvalue weighted by Crippen LogP contribution is 2.44. The normalized spacial score (nSPS) is 15.4. The van der Waals surface area contributed by atoms with Crippen molar-refractivity contribution in [3.8, 4) is 40.0 Å². The number of rotatable bonds is 23. The Hall–Kier alpha value is -10.1. The molecule has 9 aromatic rings. The Morgan fingerprint density at radius 3 is 1.70 bits per heavy atom. The van der Waals surface area contributed by atoms with Crippen molar-refractivity contribution in [2.45, 2.75) is 123 Å². The quantitative estimate of drug-likeness (QED) is 0.0444. The summed E-state index contributed by atoms with van der Waals surface area (Å²) in [5.41, 5.74) is 10.4. The second-order valence-electron chi connectivity index (χ2n) is 28.1. The number of sulfonamides is 2. The number of hydrogen-bond acceptors (Lipinski definition) is 21. The molecule has 0 saturated heterocycles. The van der Waals surface area contributed by atoms with Crippen LogP contribution in [0.5, 0.6) is 28.7 Å². The Morgan fingerprint density at radius 2 is 1.18 bits per heavy atom. The zero-order valence-electron chi connectivity index (χ0n) is 65.9. The zero-order valence-corrected chi connectivity index (χ0v) is 71.5. The summed E-state index contributed by atoms with van der Waals surface area (Å²) in [4.78, 5) is 47.0. The molecule has 0 bridgehead atoms. The zero-order chi connectivity index (χ0) is 83.1. The highest BCUT2D eigenvalue weighted by Gasteiger charge is 2.39. The summed E-state index contributed by atoms with van der Waals surface area (Å²) in [6.45, 7) is 11.6. The van der Waals surface area contributed by atoms with E-state index in [2.05, 4.69) is 36.2 Å². The smallest absolute Gasteiger partial charge is 0.338 e. The largest absolute Gasteiger partial charge is 0.497 e. The number of sulfone groups is 2. The van der Waals surface area contributed by atoms with Crippen molar-refractivity contribution in [3.63, 3.8) is 0 Å². The fourth-order valence-electron chi connectivity index (χ4n) is 13.8. The van der Waals surface area contributed by atoms with Crippen molar-refractivity contribution < 1.29 is 85.1 Å². The number of anilines is 6. The summed E-state index contributed by atoms with van der Waals surface area (Å²) >= 11 is 3.36. The van der Waals surface area contributed by atoms with Crippen molar-refractivity contribution in [2.24, 2.45) is 5.92 Å². The lowest BCUT2D eigenvalue weighted by Gasteiger charge is -2.32. The monoisotopic (exact) mass is 1720 g/mol. The summed E-state index contributed by atoms with van der Waals surface area (Å²) < 4.78 is 160. The average Bonchev–Trinajstić information content (AvgIpc) is 1.59. The van der Waals surface area contributed by atoms with Crippen LogP contribution in [0.25, 0.3) is 11.3 Å². The Morgan fingerprint density at radius 1 is 0.623 bits per heavy atom. The molecular formula is C82H94BrN7O19S5. The first-order chi connectivity index (χ1) is 53.8. The number of hydrogen-bond donors (Lipinski definition) is 2. The molecule has 32 heteroatoms. The standard InChI is InChI=1S/C24H29NO6S.C20H21BrN2O5S.C19H21N3O3S.C19H23NO5S2/c1-15-10-18-13-19(8-9-20(18)25(15)24(26)17-6-5-7-17)32(27,28)14-16-11-21(29-2)23(31-4)22(12-16)30-3;1-4-28-20(25)14-5-7-17(8-6-14)22-29(26,27)18-11-16(21)10-15-9-12(2)23(13(3)24)19(15)18;1-13-5-8-16(11-19(13)22(3)4)21-26(23,24)17-9-6-15(7-10-17)18-12-25-14(2)20-18;1-24-16-9-14(10-17(12-16)25-2)13-27(22,23)18-5-6-19-15(11-18)7-8-20(19)26(3,4)21/h8-9,11-13,15,17H,5-7,10,14H2,1-4H3;5-8,10-12,22H,4,9H2,1-3H3;5-12,21H,1-4H3;5-6,9-12H,3,7-8,13H2,1-2,4H3. The number of ether oxygens (including phenoxy) is 6. The number of oxazole rings is 1. The van der Waals surface area contributed by atoms with Crippen LogP contribution >= 0.6 is 15.9 Å². The van der Waals surface area contributed by atoms with Crippen LogP contribution in [0.15, 0.2) is 180 Å². The van der Waals surface area contributed by atoms with E-state index in [9.17, 15) is 52.3 Å². The third-order valence-corrected chi connectivity index (χ3v) is 27.4. The van der Waals surface area contributed by atoms with Crippen LogP contribution in [0.2, 0.25) is 0 Å². The number of nitrogens with zero attached hydrogens (tertiary/aromatic N) is 5. The molecule has 26 nitrogen and oxygen atoms in total. The minimum Gasteiger partial charge on any atom is -0.497 e. The molecule has 13 rings (SSSR count). The lowest BCUT2D eigenvalue weighted by atomic mass is 9.84. The van der Waals surface area contributed by atoms with E-state index in [0.29, 0.717) is 104 Å². The Bertz CT molecular complexity index is 5660. The number of benzene rings is 8. The number of aromatic nitrogens is 1. The van der Waals surface area contributed by atoms with Crippen molar-refractivity contribution in [3.05, 3.63) is 201 Å². The molecule has 0 radical (unpaired) electrons. The van der Waals surface area contributed by atoms with E-state index in [0.717, 1.165) is 64.1 Å². The van der Waals surface area contributed by atoms with Gasteiger partial charge >= 0.3 is 5.97 Å². The first-order valence-electron chi connectivity index (χ1n) is 36.2. The number of amides is 2. The molecule has 3 aliphatic heterocycles. The van der Waals surface area contributed by atoms with E-state index in [4.69, 9.17) is 32.8 Å². The number of nitrogens with one attached hydrogen (secondary N) is 2. The van der Waals surface area contributed by atoms with Gasteiger partial charge in [0, 0.05) is 102 Å². The number of fused-ring (bicyclic) bond motifs is 3.